The Morgan fingerprint density at radius 3 is 2.68 bits per heavy atom. The number of ether oxygens (including phenoxy) is 1. The van der Waals surface area contributed by atoms with Gasteiger partial charge in [0.1, 0.15) is 5.75 Å². The summed E-state index contributed by atoms with van der Waals surface area (Å²) in [5.74, 6) is 0.0519. The van der Waals surface area contributed by atoms with Gasteiger partial charge in [-0.25, -0.2) is 0 Å². The van der Waals surface area contributed by atoms with E-state index in [0.717, 1.165) is 15.8 Å². The second-order valence-corrected chi connectivity index (χ2v) is 5.58. The molecule has 0 aliphatic rings. The van der Waals surface area contributed by atoms with Crippen LogP contribution in [0.15, 0.2) is 22.7 Å². The van der Waals surface area contributed by atoms with Gasteiger partial charge in [-0.05, 0) is 32.0 Å². The molecule has 1 aromatic carbocycles. The zero-order valence-electron chi connectivity index (χ0n) is 11.5. The molecule has 0 amide bonds. The molecule has 0 saturated carbocycles. The van der Waals surface area contributed by atoms with Crippen molar-refractivity contribution in [3.05, 3.63) is 28.2 Å². The van der Waals surface area contributed by atoms with Crippen LogP contribution >= 0.6 is 15.9 Å². The molecule has 0 aliphatic carbocycles. The predicted molar refractivity (Wildman–Crippen MR) is 78.5 cm³/mol. The normalized spacial score (nSPS) is 11.1. The molecule has 0 aromatic heterocycles. The number of halogens is 1. The summed E-state index contributed by atoms with van der Waals surface area (Å²) in [6, 6.07) is 6.13. The summed E-state index contributed by atoms with van der Waals surface area (Å²) in [4.78, 5) is 12.8. The Labute approximate surface area is 122 Å². The minimum absolute atomic E-state index is 0.147. The number of hydrogen-bond acceptors (Lipinski definition) is 3. The second kappa shape index (κ2) is 7.50. The Kier molecular flexibility index (Phi) is 6.31. The molecule has 0 radical (unpaired) electrons. The van der Waals surface area contributed by atoms with E-state index >= 15 is 0 Å². The Bertz CT molecular complexity index is 435. The zero-order valence-corrected chi connectivity index (χ0v) is 13.1. The first-order valence-corrected chi connectivity index (χ1v) is 7.01. The van der Waals surface area contributed by atoms with E-state index in [1.54, 1.807) is 7.11 Å². The summed E-state index contributed by atoms with van der Waals surface area (Å²) >= 11 is 3.45. The second-order valence-electron chi connectivity index (χ2n) is 4.66. The van der Waals surface area contributed by atoms with E-state index in [1.165, 1.54) is 0 Å². The zero-order chi connectivity index (χ0) is 14.4. The van der Waals surface area contributed by atoms with Gasteiger partial charge in [0.15, 0.2) is 0 Å². The molecule has 106 valence electrons. The molecule has 0 unspecified atom stereocenters. The lowest BCUT2D eigenvalue weighted by molar-refractivity contribution is -0.137. The smallest absolute Gasteiger partial charge is 0.304 e. The molecule has 1 aromatic rings. The molecule has 0 spiro atoms. The number of benzene rings is 1. The van der Waals surface area contributed by atoms with Gasteiger partial charge in [0.05, 0.1) is 13.5 Å². The molecular formula is C14H20BrNO3. The fraction of sp³-hybridized carbons (Fsp3) is 0.500. The van der Waals surface area contributed by atoms with Gasteiger partial charge in [-0.3, -0.25) is 9.69 Å². The monoisotopic (exact) mass is 329 g/mol. The molecule has 0 saturated heterocycles. The summed E-state index contributed by atoms with van der Waals surface area (Å²) in [7, 11) is 1.64. The molecule has 0 aliphatic heterocycles. The highest BCUT2D eigenvalue weighted by Gasteiger charge is 2.14. The molecule has 1 N–H and O–H groups in total. The molecule has 5 heteroatoms. The number of rotatable bonds is 7. The van der Waals surface area contributed by atoms with Crippen molar-refractivity contribution in [1.82, 2.24) is 4.90 Å². The summed E-state index contributed by atoms with van der Waals surface area (Å²) in [6.07, 6.45) is 0.147. The molecule has 0 atom stereocenters. The Hall–Kier alpha value is -1.07. The molecule has 0 bridgehead atoms. The fourth-order valence-electron chi connectivity index (χ4n) is 1.85. The van der Waals surface area contributed by atoms with E-state index in [9.17, 15) is 4.79 Å². The third kappa shape index (κ3) is 5.20. The van der Waals surface area contributed by atoms with Gasteiger partial charge >= 0.3 is 5.97 Å². The van der Waals surface area contributed by atoms with Crippen molar-refractivity contribution in [2.75, 3.05) is 13.7 Å². The number of carboxylic acids is 1. The van der Waals surface area contributed by atoms with Crippen molar-refractivity contribution >= 4 is 21.9 Å². The van der Waals surface area contributed by atoms with Crippen molar-refractivity contribution in [2.24, 2.45) is 0 Å². The average Bonchev–Trinajstić information content (AvgIpc) is 2.34. The molecule has 0 heterocycles. The van der Waals surface area contributed by atoms with Crippen LogP contribution in [0, 0.1) is 0 Å². The highest BCUT2D eigenvalue weighted by molar-refractivity contribution is 9.10. The Balaban J connectivity index is 2.83. The maximum absolute atomic E-state index is 10.7. The van der Waals surface area contributed by atoms with Gasteiger partial charge in [-0.15, -0.1) is 0 Å². The van der Waals surface area contributed by atoms with Gasteiger partial charge in [0, 0.05) is 29.2 Å². The Morgan fingerprint density at radius 2 is 2.16 bits per heavy atom. The van der Waals surface area contributed by atoms with Gasteiger partial charge in [0.2, 0.25) is 0 Å². The lowest BCUT2D eigenvalue weighted by Gasteiger charge is -2.26. The van der Waals surface area contributed by atoms with Crippen molar-refractivity contribution in [3.8, 4) is 5.75 Å². The lowest BCUT2D eigenvalue weighted by atomic mass is 10.1. The molecule has 4 nitrogen and oxygen atoms in total. The van der Waals surface area contributed by atoms with Crippen LogP contribution in [0.3, 0.4) is 0 Å². The third-order valence-electron chi connectivity index (χ3n) is 2.96. The minimum atomic E-state index is -0.771. The maximum Gasteiger partial charge on any atom is 0.304 e. The summed E-state index contributed by atoms with van der Waals surface area (Å²) in [5.41, 5.74) is 1.05. The number of methoxy groups -OCH3 is 1. The van der Waals surface area contributed by atoms with Crippen LogP contribution < -0.4 is 4.74 Å². The first kappa shape index (κ1) is 16.0. The number of aliphatic carboxylic acids is 1. The van der Waals surface area contributed by atoms with Crippen LogP contribution in [-0.4, -0.2) is 35.7 Å². The van der Waals surface area contributed by atoms with Crippen molar-refractivity contribution in [2.45, 2.75) is 32.9 Å². The maximum atomic E-state index is 10.7. The van der Waals surface area contributed by atoms with E-state index in [0.29, 0.717) is 13.1 Å². The van der Waals surface area contributed by atoms with E-state index in [2.05, 4.69) is 34.7 Å². The van der Waals surface area contributed by atoms with Gasteiger partial charge in [-0.1, -0.05) is 15.9 Å². The van der Waals surface area contributed by atoms with E-state index in [1.807, 2.05) is 18.2 Å². The summed E-state index contributed by atoms with van der Waals surface area (Å²) < 4.78 is 6.33. The van der Waals surface area contributed by atoms with Gasteiger partial charge in [-0.2, -0.15) is 0 Å². The van der Waals surface area contributed by atoms with Crippen molar-refractivity contribution in [3.63, 3.8) is 0 Å². The highest BCUT2D eigenvalue weighted by Crippen LogP contribution is 2.25. The van der Waals surface area contributed by atoms with Gasteiger partial charge < -0.3 is 9.84 Å². The Morgan fingerprint density at radius 1 is 1.47 bits per heavy atom. The summed E-state index contributed by atoms with van der Waals surface area (Å²) in [5, 5.41) is 8.80. The first-order chi connectivity index (χ1) is 8.93. The average molecular weight is 330 g/mol. The standard InChI is InChI=1S/C14H20BrNO3/c1-10(2)16(7-6-14(17)18)9-11-8-12(15)4-5-13(11)19-3/h4-5,8,10H,6-7,9H2,1-3H3,(H,17,18). The molecule has 19 heavy (non-hydrogen) atoms. The van der Waals surface area contributed by atoms with Gasteiger partial charge in [0.25, 0.3) is 0 Å². The largest absolute Gasteiger partial charge is 0.496 e. The van der Waals surface area contributed by atoms with Crippen LogP contribution in [0.4, 0.5) is 0 Å². The highest BCUT2D eigenvalue weighted by atomic mass is 79.9. The van der Waals surface area contributed by atoms with Crippen molar-refractivity contribution in [1.29, 1.82) is 0 Å². The van der Waals surface area contributed by atoms with E-state index in [-0.39, 0.29) is 12.5 Å². The quantitative estimate of drug-likeness (QED) is 0.834. The molecule has 1 rings (SSSR count). The summed E-state index contributed by atoms with van der Waals surface area (Å²) in [6.45, 7) is 5.33. The number of nitrogens with zero attached hydrogens (tertiary/aromatic N) is 1. The number of hydrogen-bond donors (Lipinski definition) is 1. The van der Waals surface area contributed by atoms with Crippen molar-refractivity contribution < 1.29 is 14.6 Å². The fourth-order valence-corrected chi connectivity index (χ4v) is 2.26. The van der Waals surface area contributed by atoms with E-state index < -0.39 is 5.97 Å². The topological polar surface area (TPSA) is 49.8 Å². The van der Waals surface area contributed by atoms with Crippen LogP contribution in [0.1, 0.15) is 25.8 Å². The third-order valence-corrected chi connectivity index (χ3v) is 3.45. The van der Waals surface area contributed by atoms with Crippen LogP contribution in [-0.2, 0) is 11.3 Å². The molecule has 0 fully saturated rings. The minimum Gasteiger partial charge on any atom is -0.496 e. The van der Waals surface area contributed by atoms with Crippen LogP contribution in [0.25, 0.3) is 0 Å². The predicted octanol–water partition coefficient (Wildman–Crippen LogP) is 3.14. The van der Waals surface area contributed by atoms with Crippen LogP contribution in [0.2, 0.25) is 0 Å². The SMILES string of the molecule is COc1ccc(Br)cc1CN(CCC(=O)O)C(C)C. The molecular weight excluding hydrogens is 310 g/mol. The first-order valence-electron chi connectivity index (χ1n) is 6.22. The number of carbonyl (C=O) groups is 1. The number of carboxylic acid groups (broad SMARTS) is 1. The lowest BCUT2D eigenvalue weighted by Crippen LogP contribution is -2.32. The van der Waals surface area contributed by atoms with Crippen LogP contribution in [0.5, 0.6) is 5.75 Å². The van der Waals surface area contributed by atoms with E-state index in [4.69, 9.17) is 9.84 Å².